The maximum atomic E-state index is 12.0. The Hall–Kier alpha value is -0.469. The molecule has 0 bridgehead atoms. The van der Waals surface area contributed by atoms with Crippen LogP contribution in [0.4, 0.5) is 0 Å². The van der Waals surface area contributed by atoms with Crippen molar-refractivity contribution in [3.05, 3.63) is 0 Å². The molecule has 0 amide bonds. The number of hydrogen-bond acceptors (Lipinski definition) is 6. The Labute approximate surface area is 269 Å². The van der Waals surface area contributed by atoms with E-state index in [1.165, 1.54) is 0 Å². The Kier molecular flexibility index (Phi) is 15.9. The fraction of sp³-hybridized carbons (Fsp3) is 0.882. The number of hydrogen-bond donors (Lipinski definition) is 1. The van der Waals surface area contributed by atoms with Crippen LogP contribution in [0, 0.1) is 23.8 Å². The smallest absolute Gasteiger partial charge is 0.192 e. The van der Waals surface area contributed by atoms with E-state index in [9.17, 15) is 5.11 Å². The Bertz CT molecular complexity index is 926. The summed E-state index contributed by atoms with van der Waals surface area (Å²) in [6.45, 7) is 26.8. The third-order valence-corrected chi connectivity index (χ3v) is 24.8. The van der Waals surface area contributed by atoms with E-state index in [0.717, 1.165) is 36.3 Å². The summed E-state index contributed by atoms with van der Waals surface area (Å²) in [7, 11) is -1.57. The molecule has 250 valence electrons. The van der Waals surface area contributed by atoms with Gasteiger partial charge in [-0.3, -0.25) is 0 Å². The van der Waals surface area contributed by atoms with Crippen molar-refractivity contribution in [1.82, 2.24) is 4.90 Å². The van der Waals surface area contributed by atoms with Crippen molar-refractivity contribution in [2.45, 2.75) is 173 Å². The highest BCUT2D eigenvalue weighted by atomic mass is 28.4. The van der Waals surface area contributed by atoms with Crippen molar-refractivity contribution in [2.75, 3.05) is 20.7 Å². The molecule has 1 saturated heterocycles. The lowest BCUT2D eigenvalue weighted by molar-refractivity contribution is -0.265. The maximum Gasteiger partial charge on any atom is 0.192 e. The third-order valence-electron chi connectivity index (χ3n) is 10.8. The Balaban J connectivity index is 3.47. The molecule has 6 nitrogen and oxygen atoms in total. The predicted octanol–water partition coefficient (Wildman–Crippen LogP) is 7.65. The number of ether oxygens (including phenoxy) is 2. The Morgan fingerprint density at radius 1 is 0.977 bits per heavy atom. The average molecular weight is 654 g/mol. The average Bonchev–Trinajstić information content (AvgIpc) is 2.95. The molecule has 9 heteroatoms. The Morgan fingerprint density at radius 3 is 1.93 bits per heavy atom. The first-order valence-electron chi connectivity index (χ1n) is 16.9. The first-order valence-corrected chi connectivity index (χ1v) is 24.9. The van der Waals surface area contributed by atoms with E-state index in [1.54, 1.807) is 0 Å². The van der Waals surface area contributed by atoms with E-state index in [1.807, 2.05) is 0 Å². The highest BCUT2D eigenvalue weighted by molar-refractivity contribution is 6.87. The molecule has 0 saturated carbocycles. The monoisotopic (exact) mass is 653 g/mol. The topological polar surface area (TPSA) is 60.4 Å². The van der Waals surface area contributed by atoms with Gasteiger partial charge in [0.1, 0.15) is 14.2 Å². The summed E-state index contributed by atoms with van der Waals surface area (Å²) in [6, 6.07) is 6.62. The summed E-state index contributed by atoms with van der Waals surface area (Å²) in [5, 5.41) is 12.0. The first-order chi connectivity index (χ1) is 19.9. The molecule has 1 fully saturated rings. The van der Waals surface area contributed by atoms with E-state index in [4.69, 9.17) is 24.7 Å². The van der Waals surface area contributed by atoms with Crippen LogP contribution in [0.25, 0.3) is 0 Å². The van der Waals surface area contributed by atoms with Crippen LogP contribution in [0.1, 0.15) is 82.1 Å². The van der Waals surface area contributed by atoms with Crippen molar-refractivity contribution >= 4 is 24.7 Å². The fourth-order valence-electron chi connectivity index (χ4n) is 5.90. The van der Waals surface area contributed by atoms with Gasteiger partial charge in [-0.05, 0) is 75.4 Å². The number of aliphatic hydroxyl groups is 1. The summed E-state index contributed by atoms with van der Waals surface area (Å²) < 4.78 is 26.9. The molecular formula is C34H67NO5Si3. The molecule has 1 aliphatic rings. The van der Waals surface area contributed by atoms with Gasteiger partial charge in [-0.25, -0.2) is 0 Å². The van der Waals surface area contributed by atoms with Gasteiger partial charge in [-0.1, -0.05) is 68.2 Å². The van der Waals surface area contributed by atoms with Gasteiger partial charge < -0.3 is 28.3 Å². The summed E-state index contributed by atoms with van der Waals surface area (Å²) in [6.07, 6.45) is 5.27. The van der Waals surface area contributed by atoms with E-state index in [-0.39, 0.29) is 36.3 Å². The van der Waals surface area contributed by atoms with E-state index >= 15 is 0 Å². The molecule has 1 N–H and O–H groups in total. The lowest BCUT2D eigenvalue weighted by Gasteiger charge is -2.48. The molecule has 0 aliphatic carbocycles. The minimum Gasteiger partial charge on any atom is -0.414 e. The standard InChI is InChI=1S/C34H67NO5Si3/c1-16-34(36,24-23-25-42(17-2,18-3)19-4)30(27-37-41(14,15)33(9,10)11)39-31-26-29(32(35(12)13)28(8)38-31)40-43(20-5,21-6)22-7/h1,28-32,36H,17-22,24,26-27H2,2-15H3/t28-,29-,30+,31?,32+,34-/m0/s1. The quantitative estimate of drug-likeness (QED) is 0.136. The molecule has 43 heavy (non-hydrogen) atoms. The van der Waals surface area contributed by atoms with Crippen molar-refractivity contribution in [1.29, 1.82) is 0 Å². The van der Waals surface area contributed by atoms with E-state index < -0.39 is 42.7 Å². The molecule has 1 unspecified atom stereocenters. The highest BCUT2D eigenvalue weighted by Crippen LogP contribution is 2.38. The molecular weight excluding hydrogens is 587 g/mol. The molecule has 6 atom stereocenters. The van der Waals surface area contributed by atoms with Gasteiger partial charge in [0, 0.05) is 6.42 Å². The fourth-order valence-corrected chi connectivity index (χ4v) is 12.3. The van der Waals surface area contributed by atoms with E-state index in [0.29, 0.717) is 6.42 Å². The van der Waals surface area contributed by atoms with Crippen molar-refractivity contribution < 1.29 is 23.4 Å². The van der Waals surface area contributed by atoms with Crippen LogP contribution in [0.5, 0.6) is 0 Å². The molecule has 0 aromatic carbocycles. The molecule has 1 rings (SSSR count). The van der Waals surface area contributed by atoms with Crippen LogP contribution in [-0.2, 0) is 18.3 Å². The highest BCUT2D eigenvalue weighted by Gasteiger charge is 2.47. The zero-order valence-corrected chi connectivity index (χ0v) is 33.4. The predicted molar refractivity (Wildman–Crippen MR) is 190 cm³/mol. The van der Waals surface area contributed by atoms with Crippen LogP contribution in [-0.4, -0.2) is 91.7 Å². The normalized spacial score (nSPS) is 24.2. The molecule has 0 aromatic rings. The summed E-state index contributed by atoms with van der Waals surface area (Å²) >= 11 is 0. The zero-order valence-electron chi connectivity index (χ0n) is 30.4. The number of rotatable bonds is 16. The lowest BCUT2D eigenvalue weighted by atomic mass is 9.93. The van der Waals surface area contributed by atoms with Crippen LogP contribution >= 0.6 is 0 Å². The summed E-state index contributed by atoms with van der Waals surface area (Å²) in [5.41, 5.74) is 1.99. The number of nitrogens with zero attached hydrogens (tertiary/aromatic N) is 1. The number of likely N-dealkylation sites (N-methyl/N-ethyl adjacent to an activating group) is 1. The first kappa shape index (κ1) is 40.6. The largest absolute Gasteiger partial charge is 0.414 e. The van der Waals surface area contributed by atoms with Gasteiger partial charge in [0.25, 0.3) is 0 Å². The van der Waals surface area contributed by atoms with Gasteiger partial charge in [0.15, 0.2) is 28.5 Å². The molecule has 0 spiro atoms. The Morgan fingerprint density at radius 2 is 1.51 bits per heavy atom. The second-order valence-electron chi connectivity index (χ2n) is 14.4. The molecule has 1 heterocycles. The van der Waals surface area contributed by atoms with E-state index in [2.05, 4.69) is 119 Å². The second kappa shape index (κ2) is 16.9. The van der Waals surface area contributed by atoms with Gasteiger partial charge in [0.2, 0.25) is 0 Å². The minimum absolute atomic E-state index is 0.00231. The van der Waals surface area contributed by atoms with Crippen molar-refractivity contribution in [3.63, 3.8) is 0 Å². The van der Waals surface area contributed by atoms with Gasteiger partial charge >= 0.3 is 0 Å². The lowest BCUT2D eigenvalue weighted by Crippen LogP contribution is -2.59. The SMILES string of the molecule is C#C[C@](O)(CC#C[Si](CC)(CC)CC)[C@@H](CO[Si](C)(C)C(C)(C)C)OC1C[C@H](O[Si](CC)(CC)CC)[C@H](N(C)C)[C@H](C)O1. The molecule has 0 radical (unpaired) electrons. The maximum absolute atomic E-state index is 12.0. The van der Waals surface area contributed by atoms with Crippen molar-refractivity contribution in [3.8, 4) is 23.8 Å². The number of terminal acetylenes is 1. The summed E-state index contributed by atoms with van der Waals surface area (Å²) in [5.74, 6) is 6.03. The van der Waals surface area contributed by atoms with Gasteiger partial charge in [-0.2, -0.15) is 0 Å². The van der Waals surface area contributed by atoms with Crippen LogP contribution in [0.3, 0.4) is 0 Å². The van der Waals surface area contributed by atoms with Crippen LogP contribution < -0.4 is 0 Å². The molecule has 1 aliphatic heterocycles. The summed E-state index contributed by atoms with van der Waals surface area (Å²) in [4.78, 5) is 2.21. The molecule has 0 aromatic heterocycles. The van der Waals surface area contributed by atoms with Crippen LogP contribution in [0.2, 0.25) is 54.4 Å². The second-order valence-corrected chi connectivity index (χ2v) is 28.9. The minimum atomic E-state index is -2.16. The van der Waals surface area contributed by atoms with Crippen molar-refractivity contribution in [2.24, 2.45) is 0 Å². The van der Waals surface area contributed by atoms with Gasteiger partial charge in [-0.15, -0.1) is 17.9 Å². The zero-order chi connectivity index (χ0) is 33.3. The van der Waals surface area contributed by atoms with Gasteiger partial charge in [0.05, 0.1) is 31.3 Å². The van der Waals surface area contributed by atoms with Crippen LogP contribution in [0.15, 0.2) is 0 Å². The third kappa shape index (κ3) is 10.5.